The molecular weight excluding hydrogens is 302 g/mol. The molecule has 22 heavy (non-hydrogen) atoms. The van der Waals surface area contributed by atoms with Crippen LogP contribution in [0.15, 0.2) is 12.7 Å². The Kier molecular flexibility index (Phi) is 4.03. The minimum atomic E-state index is -3.03. The molecule has 1 aliphatic rings. The Hall–Kier alpha value is -1.70. The van der Waals surface area contributed by atoms with Crippen molar-refractivity contribution in [2.75, 3.05) is 23.5 Å². The normalized spacial score (nSPS) is 19.7. The summed E-state index contributed by atoms with van der Waals surface area (Å²) in [5, 5.41) is 0. The molecule has 1 atom stereocenters. The van der Waals surface area contributed by atoms with Gasteiger partial charge in [-0.05, 0) is 26.2 Å². The van der Waals surface area contributed by atoms with Crippen LogP contribution in [0, 0.1) is 0 Å². The second kappa shape index (κ2) is 5.83. The van der Waals surface area contributed by atoms with Crippen molar-refractivity contribution < 1.29 is 8.42 Å². The fraction of sp³-hybridized carbons (Fsp3) is 0.643. The fourth-order valence-corrected chi connectivity index (χ4v) is 4.16. The minimum absolute atomic E-state index is 0.0337. The maximum absolute atomic E-state index is 11.7. The van der Waals surface area contributed by atoms with Gasteiger partial charge in [-0.15, -0.1) is 0 Å². The summed E-state index contributed by atoms with van der Waals surface area (Å²) >= 11 is 0. The van der Waals surface area contributed by atoms with E-state index in [2.05, 4.69) is 19.9 Å². The summed E-state index contributed by atoms with van der Waals surface area (Å²) in [6.07, 6.45) is 7.55. The van der Waals surface area contributed by atoms with Gasteiger partial charge in [-0.25, -0.2) is 23.4 Å². The molecule has 120 valence electrons. The Morgan fingerprint density at radius 3 is 2.82 bits per heavy atom. The molecule has 7 nitrogen and oxygen atoms in total. The number of hydrogen-bond donors (Lipinski definition) is 0. The first-order chi connectivity index (χ1) is 10.5. The van der Waals surface area contributed by atoms with Gasteiger partial charge >= 0.3 is 0 Å². The summed E-state index contributed by atoms with van der Waals surface area (Å²) in [7, 11) is -3.03. The van der Waals surface area contributed by atoms with Crippen molar-refractivity contribution in [2.45, 2.75) is 38.8 Å². The first kappa shape index (κ1) is 15.2. The molecule has 0 N–H and O–H groups in total. The van der Waals surface area contributed by atoms with E-state index in [1.165, 1.54) is 12.6 Å². The maximum Gasteiger partial charge on any atom is 0.165 e. The monoisotopic (exact) mass is 323 g/mol. The molecule has 0 radical (unpaired) electrons. The lowest BCUT2D eigenvalue weighted by atomic mass is 10.0. The number of aromatic nitrogens is 4. The fourth-order valence-electron chi connectivity index (χ4n) is 3.11. The van der Waals surface area contributed by atoms with E-state index in [0.29, 0.717) is 0 Å². The standard InChI is InChI=1S/C14H21N5O2S/c1-3-18-10-17-12-13(18)15-9-16-14(12)19-7-5-4-6-11(19)8-22(2,20)21/h9-11H,3-8H2,1-2H3/t11-/m0/s1. The lowest BCUT2D eigenvalue weighted by Gasteiger charge is -2.36. The SMILES string of the molecule is CCn1cnc2c(N3CCCC[C@H]3CS(C)(=O)=O)ncnc21. The van der Waals surface area contributed by atoms with E-state index >= 15 is 0 Å². The van der Waals surface area contributed by atoms with E-state index in [-0.39, 0.29) is 11.8 Å². The van der Waals surface area contributed by atoms with Gasteiger partial charge in [0.05, 0.1) is 12.1 Å². The number of anilines is 1. The zero-order valence-electron chi connectivity index (χ0n) is 12.9. The van der Waals surface area contributed by atoms with Gasteiger partial charge in [-0.1, -0.05) is 0 Å². The number of rotatable bonds is 4. The molecule has 1 aliphatic heterocycles. The Balaban J connectivity index is 2.02. The molecule has 0 spiro atoms. The summed E-state index contributed by atoms with van der Waals surface area (Å²) in [6, 6.07) is -0.0337. The number of hydrogen-bond acceptors (Lipinski definition) is 6. The highest BCUT2D eigenvalue weighted by molar-refractivity contribution is 7.90. The Morgan fingerprint density at radius 2 is 2.09 bits per heavy atom. The first-order valence-electron chi connectivity index (χ1n) is 7.60. The molecule has 0 saturated carbocycles. The number of fused-ring (bicyclic) bond motifs is 1. The van der Waals surface area contributed by atoms with E-state index in [1.54, 1.807) is 6.33 Å². The van der Waals surface area contributed by atoms with Crippen molar-refractivity contribution in [1.29, 1.82) is 0 Å². The molecule has 2 aromatic rings. The molecule has 0 unspecified atom stereocenters. The van der Waals surface area contributed by atoms with Crippen molar-refractivity contribution in [1.82, 2.24) is 19.5 Å². The number of nitrogens with zero attached hydrogens (tertiary/aromatic N) is 5. The predicted octanol–water partition coefficient (Wildman–Crippen LogP) is 1.25. The minimum Gasteiger partial charge on any atom is -0.351 e. The number of sulfone groups is 1. The third-order valence-electron chi connectivity index (χ3n) is 4.12. The van der Waals surface area contributed by atoms with Crippen LogP contribution in [0.25, 0.3) is 11.2 Å². The highest BCUT2D eigenvalue weighted by Gasteiger charge is 2.28. The predicted molar refractivity (Wildman–Crippen MR) is 85.7 cm³/mol. The largest absolute Gasteiger partial charge is 0.351 e. The van der Waals surface area contributed by atoms with E-state index in [9.17, 15) is 8.42 Å². The molecule has 1 saturated heterocycles. The van der Waals surface area contributed by atoms with Crippen molar-refractivity contribution >= 4 is 26.8 Å². The van der Waals surface area contributed by atoms with Crippen LogP contribution in [-0.2, 0) is 16.4 Å². The smallest absolute Gasteiger partial charge is 0.165 e. The van der Waals surface area contributed by atoms with Crippen molar-refractivity contribution in [2.24, 2.45) is 0 Å². The molecule has 1 fully saturated rings. The van der Waals surface area contributed by atoms with E-state index in [0.717, 1.165) is 49.3 Å². The zero-order chi connectivity index (χ0) is 15.7. The second-order valence-electron chi connectivity index (χ2n) is 5.84. The van der Waals surface area contributed by atoms with Gasteiger partial charge in [0.25, 0.3) is 0 Å². The quantitative estimate of drug-likeness (QED) is 0.842. The third kappa shape index (κ3) is 2.92. The van der Waals surface area contributed by atoms with Crippen molar-refractivity contribution in [3.63, 3.8) is 0 Å². The third-order valence-corrected chi connectivity index (χ3v) is 5.11. The lowest BCUT2D eigenvalue weighted by Crippen LogP contribution is -2.44. The number of aryl methyl sites for hydroxylation is 1. The van der Waals surface area contributed by atoms with Crippen LogP contribution in [0.5, 0.6) is 0 Å². The molecular formula is C14H21N5O2S. The van der Waals surface area contributed by atoms with Crippen LogP contribution < -0.4 is 4.90 Å². The summed E-state index contributed by atoms with van der Waals surface area (Å²) < 4.78 is 25.4. The van der Waals surface area contributed by atoms with Crippen LogP contribution in [0.1, 0.15) is 26.2 Å². The van der Waals surface area contributed by atoms with E-state index in [1.807, 2.05) is 11.5 Å². The maximum atomic E-state index is 11.7. The Bertz CT molecular complexity index is 771. The molecule has 2 aromatic heterocycles. The highest BCUT2D eigenvalue weighted by atomic mass is 32.2. The lowest BCUT2D eigenvalue weighted by molar-refractivity contribution is 0.478. The first-order valence-corrected chi connectivity index (χ1v) is 9.66. The molecule has 0 aliphatic carbocycles. The number of imidazole rings is 1. The van der Waals surface area contributed by atoms with Gasteiger partial charge in [0, 0.05) is 25.4 Å². The summed E-state index contributed by atoms with van der Waals surface area (Å²) in [5.74, 6) is 0.915. The van der Waals surface area contributed by atoms with E-state index in [4.69, 9.17) is 0 Å². The zero-order valence-corrected chi connectivity index (χ0v) is 13.8. The van der Waals surface area contributed by atoms with Crippen LogP contribution in [0.2, 0.25) is 0 Å². The Morgan fingerprint density at radius 1 is 1.27 bits per heavy atom. The van der Waals surface area contributed by atoms with Crippen LogP contribution in [0.4, 0.5) is 5.82 Å². The van der Waals surface area contributed by atoms with Gasteiger partial charge in [0.15, 0.2) is 17.0 Å². The average Bonchev–Trinajstić information content (AvgIpc) is 2.89. The molecule has 0 amide bonds. The molecule has 0 aromatic carbocycles. The van der Waals surface area contributed by atoms with Crippen LogP contribution in [0.3, 0.4) is 0 Å². The summed E-state index contributed by atoms with van der Waals surface area (Å²) in [6.45, 7) is 3.64. The topological polar surface area (TPSA) is 81.0 Å². The second-order valence-corrected chi connectivity index (χ2v) is 8.02. The molecule has 3 rings (SSSR count). The Labute approximate surface area is 130 Å². The van der Waals surface area contributed by atoms with Gasteiger partial charge in [0.2, 0.25) is 0 Å². The van der Waals surface area contributed by atoms with Crippen molar-refractivity contribution in [3.8, 4) is 0 Å². The highest BCUT2D eigenvalue weighted by Crippen LogP contribution is 2.28. The molecule has 0 bridgehead atoms. The summed E-state index contributed by atoms with van der Waals surface area (Å²) in [5.41, 5.74) is 1.56. The van der Waals surface area contributed by atoms with Gasteiger partial charge < -0.3 is 9.47 Å². The van der Waals surface area contributed by atoms with Gasteiger partial charge in [0.1, 0.15) is 16.2 Å². The van der Waals surface area contributed by atoms with Crippen molar-refractivity contribution in [3.05, 3.63) is 12.7 Å². The van der Waals surface area contributed by atoms with E-state index < -0.39 is 9.84 Å². The summed E-state index contributed by atoms with van der Waals surface area (Å²) in [4.78, 5) is 15.3. The van der Waals surface area contributed by atoms with Gasteiger partial charge in [-0.2, -0.15) is 0 Å². The van der Waals surface area contributed by atoms with Crippen LogP contribution in [-0.4, -0.2) is 52.5 Å². The average molecular weight is 323 g/mol. The molecule has 3 heterocycles. The number of piperidine rings is 1. The van der Waals surface area contributed by atoms with Gasteiger partial charge in [-0.3, -0.25) is 0 Å². The molecule has 8 heteroatoms. The van der Waals surface area contributed by atoms with Crippen LogP contribution >= 0.6 is 0 Å².